The van der Waals surface area contributed by atoms with Crippen LogP contribution in [0.1, 0.15) is 0 Å². The number of nitrogens with zero attached hydrogens (tertiary/aromatic N) is 5. The van der Waals surface area contributed by atoms with E-state index in [9.17, 15) is 60.9 Å². The molecular formula is C31H24ClN7O16S5. The number of halogens is 1. The van der Waals surface area contributed by atoms with Gasteiger partial charge in [-0.05, 0) is 70.9 Å². The Morgan fingerprint density at radius 3 is 1.93 bits per heavy atom. The summed E-state index contributed by atoms with van der Waals surface area (Å²) in [5.41, 5.74) is -1.85. The molecule has 7 N–H and O–H groups in total. The van der Waals surface area contributed by atoms with Gasteiger partial charge in [0, 0.05) is 16.5 Å². The Morgan fingerprint density at radius 2 is 1.32 bits per heavy atom. The zero-order valence-electron chi connectivity index (χ0n) is 29.3. The van der Waals surface area contributed by atoms with Crippen molar-refractivity contribution >= 4 is 118 Å². The van der Waals surface area contributed by atoms with Crippen molar-refractivity contribution < 1.29 is 69.6 Å². The number of benzene rings is 5. The molecule has 1 aromatic heterocycles. The maximum Gasteiger partial charge on any atom is 0.397 e. The van der Waals surface area contributed by atoms with E-state index in [-0.39, 0.29) is 21.9 Å². The highest BCUT2D eigenvalue weighted by Crippen LogP contribution is 2.46. The number of azo groups is 1. The van der Waals surface area contributed by atoms with E-state index in [2.05, 4.69) is 40.0 Å². The minimum atomic E-state index is -5.35. The number of nitrogens with one attached hydrogen (secondary N) is 2. The number of phenolic OH excluding ortho intramolecular Hbond substituents is 1. The average Bonchev–Trinajstić information content (AvgIpc) is 3.12. The fourth-order valence-corrected chi connectivity index (χ4v) is 9.20. The number of aromatic hydroxyl groups is 1. The van der Waals surface area contributed by atoms with E-state index in [1.54, 1.807) is 6.07 Å². The van der Waals surface area contributed by atoms with Crippen molar-refractivity contribution in [2.75, 3.05) is 23.0 Å². The third kappa shape index (κ3) is 10.1. The number of sulfone groups is 1. The zero-order valence-corrected chi connectivity index (χ0v) is 34.1. The van der Waals surface area contributed by atoms with Crippen molar-refractivity contribution in [3.05, 3.63) is 84.1 Å². The Hall–Kier alpha value is -5.53. The molecule has 6 aromatic rings. The number of hydrogen-bond acceptors (Lipinski definition) is 19. The Bertz CT molecular complexity index is 3340. The highest BCUT2D eigenvalue weighted by molar-refractivity contribution is 7.91. The van der Waals surface area contributed by atoms with Gasteiger partial charge in [0.05, 0.1) is 27.8 Å². The van der Waals surface area contributed by atoms with Crippen LogP contribution in [-0.2, 0) is 54.8 Å². The van der Waals surface area contributed by atoms with Gasteiger partial charge in [0.15, 0.2) is 15.6 Å². The summed E-state index contributed by atoms with van der Waals surface area (Å²) in [7, 11) is -24.4. The molecule has 0 spiro atoms. The Kier molecular flexibility index (Phi) is 11.9. The lowest BCUT2D eigenvalue weighted by atomic mass is 10.1. The van der Waals surface area contributed by atoms with E-state index >= 15 is 0 Å². The van der Waals surface area contributed by atoms with Gasteiger partial charge in [0.2, 0.25) is 17.2 Å². The lowest BCUT2D eigenvalue weighted by Crippen LogP contribution is -2.15. The molecule has 316 valence electrons. The first-order valence-electron chi connectivity index (χ1n) is 15.9. The zero-order chi connectivity index (χ0) is 44.0. The van der Waals surface area contributed by atoms with Crippen LogP contribution in [0.4, 0.5) is 34.6 Å². The van der Waals surface area contributed by atoms with Gasteiger partial charge >= 0.3 is 10.4 Å². The number of aromatic nitrogens is 3. The fourth-order valence-electron chi connectivity index (χ4n) is 5.51. The quantitative estimate of drug-likeness (QED) is 0.0571. The Labute approximate surface area is 343 Å². The topological polar surface area (TPSA) is 369 Å². The van der Waals surface area contributed by atoms with Crippen molar-refractivity contribution in [1.82, 2.24) is 15.0 Å². The maximum absolute atomic E-state index is 12.6. The number of anilines is 4. The van der Waals surface area contributed by atoms with Crippen LogP contribution in [0.25, 0.3) is 21.5 Å². The molecule has 0 atom stereocenters. The molecule has 0 aliphatic carbocycles. The molecule has 0 saturated carbocycles. The van der Waals surface area contributed by atoms with E-state index in [1.807, 2.05) is 0 Å². The lowest BCUT2D eigenvalue weighted by Gasteiger charge is -2.15. The summed E-state index contributed by atoms with van der Waals surface area (Å²) < 4.78 is 164. The van der Waals surface area contributed by atoms with E-state index < -0.39 is 122 Å². The molecule has 0 aliphatic rings. The molecule has 6 rings (SSSR count). The van der Waals surface area contributed by atoms with Crippen LogP contribution in [0.2, 0.25) is 5.28 Å². The van der Waals surface area contributed by atoms with E-state index in [4.69, 9.17) is 16.2 Å². The summed E-state index contributed by atoms with van der Waals surface area (Å²) in [6.45, 7) is -0.864. The molecule has 0 saturated heterocycles. The molecule has 23 nitrogen and oxygen atoms in total. The normalized spacial score (nSPS) is 12.9. The maximum atomic E-state index is 12.6. The minimum Gasteiger partial charge on any atom is -0.505 e. The molecule has 60 heavy (non-hydrogen) atoms. The lowest BCUT2D eigenvalue weighted by molar-refractivity contribution is 0.284. The van der Waals surface area contributed by atoms with Gasteiger partial charge in [-0.15, -0.1) is 10.2 Å². The molecule has 0 bridgehead atoms. The van der Waals surface area contributed by atoms with Crippen LogP contribution in [-0.4, -0.2) is 92.7 Å². The van der Waals surface area contributed by atoms with Gasteiger partial charge in [-0.3, -0.25) is 18.2 Å². The molecule has 0 unspecified atom stereocenters. The van der Waals surface area contributed by atoms with E-state index in [1.165, 1.54) is 36.4 Å². The number of rotatable bonds is 14. The number of phenols is 1. The molecule has 1 heterocycles. The highest BCUT2D eigenvalue weighted by Gasteiger charge is 2.27. The summed E-state index contributed by atoms with van der Waals surface area (Å²) >= 11 is 6.12. The SMILES string of the molecule is O=S(=O)(O)OCCS(=O)(=O)c1ccc(Nc2nc(Cl)nc(Nc3cc(S(=O)(=O)O)cc4cc(S(=O)(=O)O)c(N=Nc5ccc6ccccc6c5S(=O)(=O)O)c(O)c34)n2)cc1. The molecule has 0 radical (unpaired) electrons. The smallest absolute Gasteiger partial charge is 0.397 e. The van der Waals surface area contributed by atoms with Gasteiger partial charge < -0.3 is 15.7 Å². The highest BCUT2D eigenvalue weighted by atomic mass is 35.5. The van der Waals surface area contributed by atoms with Crippen molar-refractivity contribution in [3.8, 4) is 5.75 Å². The van der Waals surface area contributed by atoms with Crippen molar-refractivity contribution in [2.45, 2.75) is 19.6 Å². The predicted octanol–water partition coefficient (Wildman–Crippen LogP) is 4.77. The monoisotopic (exact) mass is 945 g/mol. The molecule has 0 aliphatic heterocycles. The van der Waals surface area contributed by atoms with Gasteiger partial charge in [-0.2, -0.15) is 48.6 Å². The average molecular weight is 946 g/mol. The largest absolute Gasteiger partial charge is 0.505 e. The summed E-state index contributed by atoms with van der Waals surface area (Å²) in [5, 5.41) is 23.3. The fraction of sp³-hybridized carbons (Fsp3) is 0.0645. The van der Waals surface area contributed by atoms with Crippen molar-refractivity contribution in [1.29, 1.82) is 0 Å². The van der Waals surface area contributed by atoms with Crippen LogP contribution in [0.15, 0.2) is 109 Å². The van der Waals surface area contributed by atoms with E-state index in [0.717, 1.165) is 30.3 Å². The molecule has 0 fully saturated rings. The van der Waals surface area contributed by atoms with E-state index in [0.29, 0.717) is 11.5 Å². The number of fused-ring (bicyclic) bond motifs is 2. The molecule has 29 heteroatoms. The first-order chi connectivity index (χ1) is 27.8. The minimum absolute atomic E-state index is 0.00437. The van der Waals surface area contributed by atoms with Gasteiger partial charge in [-0.25, -0.2) is 12.6 Å². The predicted molar refractivity (Wildman–Crippen MR) is 211 cm³/mol. The van der Waals surface area contributed by atoms with Crippen molar-refractivity contribution in [2.24, 2.45) is 10.2 Å². The Balaban J connectivity index is 1.43. The van der Waals surface area contributed by atoms with Crippen molar-refractivity contribution in [3.63, 3.8) is 0 Å². The Morgan fingerprint density at radius 1 is 0.667 bits per heavy atom. The molecular weight excluding hydrogens is 922 g/mol. The van der Waals surface area contributed by atoms with Crippen LogP contribution in [0.3, 0.4) is 0 Å². The summed E-state index contributed by atoms with van der Waals surface area (Å²) in [5.74, 6) is -2.72. The van der Waals surface area contributed by atoms with Crippen LogP contribution >= 0.6 is 11.6 Å². The van der Waals surface area contributed by atoms with Gasteiger partial charge in [-0.1, -0.05) is 30.3 Å². The van der Waals surface area contributed by atoms with Gasteiger partial charge in [0.25, 0.3) is 30.4 Å². The second-order valence-electron chi connectivity index (χ2n) is 12.0. The second kappa shape index (κ2) is 16.2. The van der Waals surface area contributed by atoms with Crippen LogP contribution < -0.4 is 10.6 Å². The summed E-state index contributed by atoms with van der Waals surface area (Å²) in [4.78, 5) is 8.86. The molecule has 0 amide bonds. The standard InChI is InChI=1S/C31H24ClN7O16S5/c32-29-35-30(33-18-6-8-19(9-7-18)56(41,42)12-11-55-60(52,53)54)37-31(36-29)34-23-15-20(57(43,44)45)13-17-14-24(58(46,47)48)26(27(40)25(17)23)39-38-22-10-5-16-3-1-2-4-21(16)28(22)59(49,50)51/h1-10,13-15,40H,11-12H2,(H,43,44,45)(H,46,47,48)(H,49,50,51)(H,52,53,54)(H2,33,34,35,36,37). The summed E-state index contributed by atoms with van der Waals surface area (Å²) in [6, 6.07) is 15.3. The van der Waals surface area contributed by atoms with Crippen LogP contribution in [0.5, 0.6) is 5.75 Å². The molecule has 5 aromatic carbocycles. The van der Waals surface area contributed by atoms with Crippen LogP contribution in [0, 0.1) is 0 Å². The third-order valence-corrected chi connectivity index (χ3v) is 13.0. The second-order valence-corrected chi connectivity index (χ2v) is 19.7. The first-order valence-corrected chi connectivity index (χ1v) is 23.6. The summed E-state index contributed by atoms with van der Waals surface area (Å²) in [6.07, 6.45) is 0. The van der Waals surface area contributed by atoms with Gasteiger partial charge in [0.1, 0.15) is 21.2 Å². The third-order valence-electron chi connectivity index (χ3n) is 7.98. The number of hydrogen-bond donors (Lipinski definition) is 7. The first kappa shape index (κ1) is 44.0.